The lowest BCUT2D eigenvalue weighted by molar-refractivity contribution is 0.112. The predicted molar refractivity (Wildman–Crippen MR) is 69.5 cm³/mol. The second-order valence-corrected chi connectivity index (χ2v) is 4.30. The first-order valence-electron chi connectivity index (χ1n) is 5.51. The summed E-state index contributed by atoms with van der Waals surface area (Å²) >= 11 is 5.98. The van der Waals surface area contributed by atoms with E-state index in [-0.39, 0.29) is 5.92 Å². The number of nitrogens with zero attached hydrogens (tertiary/aromatic N) is 2. The van der Waals surface area contributed by atoms with E-state index in [1.807, 2.05) is 19.9 Å². The van der Waals surface area contributed by atoms with Crippen LogP contribution in [0.25, 0.3) is 0 Å². The summed E-state index contributed by atoms with van der Waals surface area (Å²) < 4.78 is 0. The molecule has 1 aromatic carbocycles. The number of nitriles is 1. The van der Waals surface area contributed by atoms with Crippen LogP contribution >= 0.6 is 11.6 Å². The number of rotatable bonds is 5. The second-order valence-electron chi connectivity index (χ2n) is 3.89. The topological polar surface area (TPSA) is 44.1 Å². The number of aldehydes is 1. The standard InChI is InChI=1S/C13H15ClN2O/c1-3-16(8-10(2)7-15)12-5-4-11(9-17)13(14)6-12/h4-6,9-10H,3,8H2,1-2H3. The fourth-order valence-corrected chi connectivity index (χ4v) is 1.82. The molecule has 90 valence electrons. The lowest BCUT2D eigenvalue weighted by atomic mass is 10.1. The van der Waals surface area contributed by atoms with Crippen molar-refractivity contribution >= 4 is 23.6 Å². The fraction of sp³-hybridized carbons (Fsp3) is 0.385. The van der Waals surface area contributed by atoms with Crippen LogP contribution < -0.4 is 4.90 Å². The molecule has 1 rings (SSSR count). The first-order chi connectivity index (χ1) is 8.12. The van der Waals surface area contributed by atoms with Gasteiger partial charge >= 0.3 is 0 Å². The van der Waals surface area contributed by atoms with Crippen LogP contribution in [0.1, 0.15) is 24.2 Å². The van der Waals surface area contributed by atoms with Crippen LogP contribution in [-0.4, -0.2) is 19.4 Å². The van der Waals surface area contributed by atoms with Gasteiger partial charge in [-0.1, -0.05) is 11.6 Å². The van der Waals surface area contributed by atoms with Gasteiger partial charge in [0.25, 0.3) is 0 Å². The zero-order valence-electron chi connectivity index (χ0n) is 9.98. The van der Waals surface area contributed by atoms with E-state index < -0.39 is 0 Å². The summed E-state index contributed by atoms with van der Waals surface area (Å²) in [6, 6.07) is 7.52. The Bertz CT molecular complexity index is 440. The molecule has 3 nitrogen and oxygen atoms in total. The Labute approximate surface area is 107 Å². The maximum Gasteiger partial charge on any atom is 0.151 e. The van der Waals surface area contributed by atoms with E-state index in [9.17, 15) is 4.79 Å². The zero-order chi connectivity index (χ0) is 12.8. The van der Waals surface area contributed by atoms with E-state index in [0.29, 0.717) is 17.1 Å². The first-order valence-corrected chi connectivity index (χ1v) is 5.89. The summed E-state index contributed by atoms with van der Waals surface area (Å²) in [6.07, 6.45) is 0.736. The molecule has 1 atom stereocenters. The number of carbonyl (C=O) groups excluding carboxylic acids is 1. The highest BCUT2D eigenvalue weighted by molar-refractivity contribution is 6.33. The highest BCUT2D eigenvalue weighted by Gasteiger charge is 2.10. The molecule has 0 aliphatic heterocycles. The fourth-order valence-electron chi connectivity index (χ4n) is 1.60. The van der Waals surface area contributed by atoms with Gasteiger partial charge in [0.05, 0.1) is 17.0 Å². The molecule has 0 fully saturated rings. The predicted octanol–water partition coefficient (Wildman–Crippen LogP) is 3.14. The van der Waals surface area contributed by atoms with Gasteiger partial charge in [0.1, 0.15) is 0 Å². The van der Waals surface area contributed by atoms with Gasteiger partial charge in [-0.15, -0.1) is 0 Å². The van der Waals surface area contributed by atoms with Gasteiger partial charge in [0, 0.05) is 24.3 Å². The number of hydrogen-bond donors (Lipinski definition) is 0. The number of hydrogen-bond acceptors (Lipinski definition) is 3. The summed E-state index contributed by atoms with van der Waals surface area (Å²) in [7, 11) is 0. The second kappa shape index (κ2) is 6.27. The van der Waals surface area contributed by atoms with Crippen molar-refractivity contribution in [1.29, 1.82) is 5.26 Å². The van der Waals surface area contributed by atoms with Crippen molar-refractivity contribution < 1.29 is 4.79 Å². The monoisotopic (exact) mass is 250 g/mol. The van der Waals surface area contributed by atoms with E-state index in [2.05, 4.69) is 11.0 Å². The Morgan fingerprint density at radius 3 is 2.76 bits per heavy atom. The molecule has 0 aliphatic carbocycles. The van der Waals surface area contributed by atoms with Gasteiger partial charge in [0.2, 0.25) is 0 Å². The molecule has 0 bridgehead atoms. The van der Waals surface area contributed by atoms with Crippen LogP contribution in [0, 0.1) is 17.2 Å². The van der Waals surface area contributed by atoms with E-state index in [1.165, 1.54) is 0 Å². The Morgan fingerprint density at radius 2 is 2.29 bits per heavy atom. The van der Waals surface area contributed by atoms with Gasteiger partial charge < -0.3 is 4.90 Å². The minimum Gasteiger partial charge on any atom is -0.370 e. The number of carbonyl (C=O) groups is 1. The Balaban J connectivity index is 2.93. The largest absolute Gasteiger partial charge is 0.370 e. The Morgan fingerprint density at radius 1 is 1.59 bits per heavy atom. The number of anilines is 1. The van der Waals surface area contributed by atoms with Crippen molar-refractivity contribution in [3.63, 3.8) is 0 Å². The highest BCUT2D eigenvalue weighted by Crippen LogP contribution is 2.23. The smallest absolute Gasteiger partial charge is 0.151 e. The molecule has 4 heteroatoms. The van der Waals surface area contributed by atoms with Gasteiger partial charge in [0.15, 0.2) is 6.29 Å². The molecule has 1 aromatic rings. The third kappa shape index (κ3) is 3.47. The lowest BCUT2D eigenvalue weighted by Gasteiger charge is -2.24. The first kappa shape index (κ1) is 13.5. The minimum atomic E-state index is -0.0422. The van der Waals surface area contributed by atoms with E-state index in [4.69, 9.17) is 16.9 Å². The maximum atomic E-state index is 10.7. The third-order valence-electron chi connectivity index (χ3n) is 2.57. The van der Waals surface area contributed by atoms with Crippen molar-refractivity contribution in [3.05, 3.63) is 28.8 Å². The van der Waals surface area contributed by atoms with Crippen LogP contribution in [0.2, 0.25) is 5.02 Å². The molecule has 0 saturated carbocycles. The van der Waals surface area contributed by atoms with Crippen LogP contribution in [0.4, 0.5) is 5.69 Å². The molecule has 0 amide bonds. The SMILES string of the molecule is CCN(CC(C)C#N)c1ccc(C=O)c(Cl)c1. The molecule has 0 N–H and O–H groups in total. The van der Waals surface area contributed by atoms with Crippen molar-refractivity contribution in [2.24, 2.45) is 5.92 Å². The summed E-state index contributed by atoms with van der Waals surface area (Å²) in [5.74, 6) is -0.0422. The quantitative estimate of drug-likeness (QED) is 0.754. The molecule has 0 aliphatic rings. The summed E-state index contributed by atoms with van der Waals surface area (Å²) in [6.45, 7) is 5.35. The lowest BCUT2D eigenvalue weighted by Crippen LogP contribution is -2.27. The number of halogens is 1. The molecule has 17 heavy (non-hydrogen) atoms. The van der Waals surface area contributed by atoms with Crippen molar-refractivity contribution in [1.82, 2.24) is 0 Å². The van der Waals surface area contributed by atoms with Crippen LogP contribution in [-0.2, 0) is 0 Å². The highest BCUT2D eigenvalue weighted by atomic mass is 35.5. The van der Waals surface area contributed by atoms with Crippen molar-refractivity contribution in [2.75, 3.05) is 18.0 Å². The van der Waals surface area contributed by atoms with Crippen molar-refractivity contribution in [3.8, 4) is 6.07 Å². The van der Waals surface area contributed by atoms with Gasteiger partial charge in [-0.2, -0.15) is 5.26 Å². The molecule has 0 saturated heterocycles. The average molecular weight is 251 g/mol. The van der Waals surface area contributed by atoms with Crippen LogP contribution in [0.15, 0.2) is 18.2 Å². The zero-order valence-corrected chi connectivity index (χ0v) is 10.7. The van der Waals surface area contributed by atoms with E-state index >= 15 is 0 Å². The van der Waals surface area contributed by atoms with Crippen LogP contribution in [0.5, 0.6) is 0 Å². The molecular formula is C13H15ClN2O. The number of benzene rings is 1. The molecular weight excluding hydrogens is 236 g/mol. The van der Waals surface area contributed by atoms with E-state index in [1.54, 1.807) is 12.1 Å². The molecule has 1 unspecified atom stereocenters. The van der Waals surface area contributed by atoms with Crippen LogP contribution in [0.3, 0.4) is 0 Å². The van der Waals surface area contributed by atoms with Gasteiger partial charge in [-0.05, 0) is 32.0 Å². The summed E-state index contributed by atoms with van der Waals surface area (Å²) in [5.41, 5.74) is 1.42. The average Bonchev–Trinajstić information content (AvgIpc) is 2.35. The molecule has 0 heterocycles. The maximum absolute atomic E-state index is 10.7. The Kier molecular flexibility index (Phi) is 4.99. The molecule has 0 radical (unpaired) electrons. The minimum absolute atomic E-state index is 0.0422. The van der Waals surface area contributed by atoms with Gasteiger partial charge in [-0.3, -0.25) is 4.79 Å². The third-order valence-corrected chi connectivity index (χ3v) is 2.90. The normalized spacial score (nSPS) is 11.6. The summed E-state index contributed by atoms with van der Waals surface area (Å²) in [5, 5.41) is 9.26. The summed E-state index contributed by atoms with van der Waals surface area (Å²) in [4.78, 5) is 12.7. The van der Waals surface area contributed by atoms with Crippen molar-refractivity contribution in [2.45, 2.75) is 13.8 Å². The van der Waals surface area contributed by atoms with E-state index in [0.717, 1.165) is 18.5 Å². The Hall–Kier alpha value is -1.53. The molecule has 0 aromatic heterocycles. The van der Waals surface area contributed by atoms with Gasteiger partial charge in [-0.25, -0.2) is 0 Å². The molecule has 0 spiro atoms.